The van der Waals surface area contributed by atoms with Crippen LogP contribution in [0.15, 0.2) is 23.2 Å². The second kappa shape index (κ2) is 9.43. The molecule has 0 heterocycles. The van der Waals surface area contributed by atoms with Crippen molar-refractivity contribution in [1.29, 1.82) is 0 Å². The smallest absolute Gasteiger partial charge is 0.408 e. The molecule has 0 aliphatic carbocycles. The zero-order valence-corrected chi connectivity index (χ0v) is 17.2. The molecule has 0 aliphatic heterocycles. The number of ether oxygens (including phenoxy) is 2. The second-order valence-corrected chi connectivity index (χ2v) is 7.76. The molecule has 0 spiro atoms. The summed E-state index contributed by atoms with van der Waals surface area (Å²) >= 11 is 0. The fourth-order valence-electron chi connectivity index (χ4n) is 2.16. The van der Waals surface area contributed by atoms with Gasteiger partial charge in [0.1, 0.15) is 5.60 Å². The number of carbonyl (C=O) groups is 1. The van der Waals surface area contributed by atoms with Crippen LogP contribution in [0.2, 0.25) is 0 Å². The van der Waals surface area contributed by atoms with Crippen LogP contribution in [0.1, 0.15) is 40.2 Å². The molecule has 0 fully saturated rings. The van der Waals surface area contributed by atoms with E-state index in [0.717, 1.165) is 5.56 Å². The summed E-state index contributed by atoms with van der Waals surface area (Å²) in [6.45, 7) is 9.98. The normalized spacial score (nSPS) is 12.4. The van der Waals surface area contributed by atoms with Gasteiger partial charge in [-0.05, 0) is 52.3 Å². The number of halogens is 1. The Bertz CT molecular complexity index is 669. The molecule has 1 aromatic carbocycles. The Balaban J connectivity index is 2.53. The highest BCUT2D eigenvalue weighted by Gasteiger charge is 2.24. The van der Waals surface area contributed by atoms with Gasteiger partial charge in [-0.1, -0.05) is 6.07 Å². The van der Waals surface area contributed by atoms with Crippen LogP contribution < -0.4 is 20.7 Å². The summed E-state index contributed by atoms with van der Waals surface area (Å²) in [4.78, 5) is 16.1. The minimum absolute atomic E-state index is 0.205. The highest BCUT2D eigenvalue weighted by molar-refractivity contribution is 5.79. The van der Waals surface area contributed by atoms with E-state index in [-0.39, 0.29) is 5.75 Å². The number of amides is 1. The minimum atomic E-state index is -0.563. The molecule has 0 atom stereocenters. The summed E-state index contributed by atoms with van der Waals surface area (Å²) in [5.41, 5.74) is -0.368. The molecule has 0 bridgehead atoms. The average Bonchev–Trinajstić information content (AvgIpc) is 2.52. The first-order valence-electron chi connectivity index (χ1n) is 8.74. The fourth-order valence-corrected chi connectivity index (χ4v) is 2.16. The zero-order valence-electron chi connectivity index (χ0n) is 17.2. The van der Waals surface area contributed by atoms with E-state index >= 15 is 0 Å². The molecule has 7 nitrogen and oxygen atoms in total. The average molecular weight is 382 g/mol. The Labute approximate surface area is 160 Å². The molecule has 8 heteroatoms. The van der Waals surface area contributed by atoms with Gasteiger partial charge < -0.3 is 25.4 Å². The lowest BCUT2D eigenvalue weighted by Gasteiger charge is -2.29. The monoisotopic (exact) mass is 382 g/mol. The molecule has 1 aromatic rings. The van der Waals surface area contributed by atoms with Crippen LogP contribution in [0.3, 0.4) is 0 Å². The van der Waals surface area contributed by atoms with Gasteiger partial charge in [0.2, 0.25) is 0 Å². The van der Waals surface area contributed by atoms with Gasteiger partial charge >= 0.3 is 6.09 Å². The zero-order chi connectivity index (χ0) is 20.7. The third kappa shape index (κ3) is 8.61. The maximum absolute atomic E-state index is 13.7. The van der Waals surface area contributed by atoms with E-state index in [1.54, 1.807) is 19.2 Å². The van der Waals surface area contributed by atoms with Crippen LogP contribution in [-0.2, 0) is 11.3 Å². The van der Waals surface area contributed by atoms with Gasteiger partial charge in [-0.3, -0.25) is 4.99 Å². The number of rotatable bonds is 6. The standard InChI is InChI=1S/C19H31FN4O3/c1-18(2,3)27-17(25)24-19(4,5)12-23-16(21-6)22-11-13-8-9-15(26-7)14(20)10-13/h8-10H,11-12H2,1-7H3,(H,24,25)(H2,21,22,23). The molecular weight excluding hydrogens is 351 g/mol. The molecule has 0 radical (unpaired) electrons. The lowest BCUT2D eigenvalue weighted by molar-refractivity contribution is 0.0474. The molecular formula is C19H31FN4O3. The number of nitrogens with zero attached hydrogens (tertiary/aromatic N) is 1. The number of hydrogen-bond acceptors (Lipinski definition) is 4. The predicted octanol–water partition coefficient (Wildman–Crippen LogP) is 2.80. The van der Waals surface area contributed by atoms with Crippen LogP contribution in [-0.4, -0.2) is 43.9 Å². The maximum Gasteiger partial charge on any atom is 0.408 e. The fraction of sp³-hybridized carbons (Fsp3) is 0.579. The number of nitrogens with one attached hydrogen (secondary N) is 3. The van der Waals surface area contributed by atoms with Crippen molar-refractivity contribution in [2.45, 2.75) is 52.3 Å². The first-order chi connectivity index (χ1) is 12.5. The molecule has 3 N–H and O–H groups in total. The Kier molecular flexibility index (Phi) is 7.87. The van der Waals surface area contributed by atoms with Crippen LogP contribution in [0, 0.1) is 5.82 Å². The van der Waals surface area contributed by atoms with Crippen molar-refractivity contribution in [1.82, 2.24) is 16.0 Å². The lowest BCUT2D eigenvalue weighted by Crippen LogP contribution is -2.54. The number of carbonyl (C=O) groups excluding carboxylic acids is 1. The Hall–Kier alpha value is -2.51. The Morgan fingerprint density at radius 3 is 2.37 bits per heavy atom. The maximum atomic E-state index is 13.7. The Morgan fingerprint density at radius 1 is 1.19 bits per heavy atom. The third-order valence-corrected chi connectivity index (χ3v) is 3.44. The van der Waals surface area contributed by atoms with Crippen molar-refractivity contribution >= 4 is 12.1 Å². The molecule has 0 unspecified atom stereocenters. The summed E-state index contributed by atoms with van der Waals surface area (Å²) in [5, 5.41) is 9.05. The Morgan fingerprint density at radius 2 is 1.85 bits per heavy atom. The van der Waals surface area contributed by atoms with Gasteiger partial charge in [0.25, 0.3) is 0 Å². The van der Waals surface area contributed by atoms with Gasteiger partial charge in [-0.15, -0.1) is 0 Å². The molecule has 0 aromatic heterocycles. The number of alkyl carbamates (subject to hydrolysis) is 1. The van der Waals surface area contributed by atoms with Gasteiger partial charge in [0, 0.05) is 20.1 Å². The number of guanidine groups is 1. The van der Waals surface area contributed by atoms with Crippen molar-refractivity contribution in [3.05, 3.63) is 29.6 Å². The SMILES string of the molecule is CN=C(NCc1ccc(OC)c(F)c1)NCC(C)(C)NC(=O)OC(C)(C)C. The van der Waals surface area contributed by atoms with E-state index in [9.17, 15) is 9.18 Å². The molecule has 0 saturated carbocycles. The summed E-state index contributed by atoms with van der Waals surface area (Å²) in [5.74, 6) is 0.323. The van der Waals surface area contributed by atoms with Crippen molar-refractivity contribution in [2.24, 2.45) is 4.99 Å². The summed E-state index contributed by atoms with van der Waals surface area (Å²) in [6.07, 6.45) is -0.481. The van der Waals surface area contributed by atoms with Gasteiger partial charge in [-0.25, -0.2) is 9.18 Å². The van der Waals surface area contributed by atoms with Crippen molar-refractivity contribution < 1.29 is 18.7 Å². The van der Waals surface area contributed by atoms with E-state index < -0.39 is 23.1 Å². The van der Waals surface area contributed by atoms with Crippen LogP contribution in [0.5, 0.6) is 5.75 Å². The number of aliphatic imine (C=N–C) groups is 1. The van der Waals surface area contributed by atoms with Crippen LogP contribution in [0.4, 0.5) is 9.18 Å². The predicted molar refractivity (Wildman–Crippen MR) is 105 cm³/mol. The summed E-state index contributed by atoms with van der Waals surface area (Å²) < 4.78 is 23.9. The third-order valence-electron chi connectivity index (χ3n) is 3.44. The van der Waals surface area contributed by atoms with E-state index in [0.29, 0.717) is 19.0 Å². The summed E-state index contributed by atoms with van der Waals surface area (Å²) in [6, 6.07) is 4.76. The van der Waals surface area contributed by atoms with Crippen molar-refractivity contribution in [3.63, 3.8) is 0 Å². The van der Waals surface area contributed by atoms with Gasteiger partial charge in [0.05, 0.1) is 12.6 Å². The molecule has 1 rings (SSSR count). The van der Waals surface area contributed by atoms with E-state index in [4.69, 9.17) is 9.47 Å². The lowest BCUT2D eigenvalue weighted by atomic mass is 10.1. The largest absolute Gasteiger partial charge is 0.494 e. The molecule has 0 saturated heterocycles. The number of hydrogen-bond donors (Lipinski definition) is 3. The van der Waals surface area contributed by atoms with E-state index in [2.05, 4.69) is 20.9 Å². The van der Waals surface area contributed by atoms with Crippen LogP contribution in [0.25, 0.3) is 0 Å². The minimum Gasteiger partial charge on any atom is -0.494 e. The topological polar surface area (TPSA) is 84.0 Å². The molecule has 1 amide bonds. The molecule has 27 heavy (non-hydrogen) atoms. The second-order valence-electron chi connectivity index (χ2n) is 7.76. The van der Waals surface area contributed by atoms with Gasteiger partial charge in [0.15, 0.2) is 17.5 Å². The van der Waals surface area contributed by atoms with Crippen molar-refractivity contribution in [2.75, 3.05) is 20.7 Å². The quantitative estimate of drug-likeness (QED) is 0.520. The van der Waals surface area contributed by atoms with E-state index in [1.807, 2.05) is 34.6 Å². The van der Waals surface area contributed by atoms with Crippen LogP contribution >= 0.6 is 0 Å². The molecule has 0 aliphatic rings. The number of benzene rings is 1. The molecule has 152 valence electrons. The highest BCUT2D eigenvalue weighted by atomic mass is 19.1. The first kappa shape index (κ1) is 22.5. The van der Waals surface area contributed by atoms with Crippen molar-refractivity contribution in [3.8, 4) is 5.75 Å². The van der Waals surface area contributed by atoms with Gasteiger partial charge in [-0.2, -0.15) is 0 Å². The summed E-state index contributed by atoms with van der Waals surface area (Å²) in [7, 11) is 3.06. The number of methoxy groups -OCH3 is 1. The van der Waals surface area contributed by atoms with E-state index in [1.165, 1.54) is 13.2 Å². The highest BCUT2D eigenvalue weighted by Crippen LogP contribution is 2.17. The first-order valence-corrected chi connectivity index (χ1v) is 8.74.